The highest BCUT2D eigenvalue weighted by Crippen LogP contribution is 2.48. The first-order valence-electron chi connectivity index (χ1n) is 9.18. The summed E-state index contributed by atoms with van der Waals surface area (Å²) in [6, 6.07) is 3.45. The van der Waals surface area contributed by atoms with Crippen molar-refractivity contribution < 1.29 is 19.1 Å². The third-order valence-corrected chi connectivity index (χ3v) is 6.43. The number of hydrogen-bond donors (Lipinski definition) is 2. The van der Waals surface area contributed by atoms with Crippen LogP contribution in [0.2, 0.25) is 0 Å². The minimum atomic E-state index is -0.665. The van der Waals surface area contributed by atoms with Gasteiger partial charge in [-0.15, -0.1) is 0 Å². The van der Waals surface area contributed by atoms with Crippen LogP contribution in [0.15, 0.2) is 12.1 Å². The molecule has 1 spiro atoms. The molecule has 5 nitrogen and oxygen atoms in total. The molecule has 25 heavy (non-hydrogen) atoms. The van der Waals surface area contributed by atoms with Crippen LogP contribution in [0, 0.1) is 11.2 Å². The van der Waals surface area contributed by atoms with Gasteiger partial charge in [0.25, 0.3) is 5.91 Å². The van der Waals surface area contributed by atoms with Crippen LogP contribution >= 0.6 is 0 Å². The topological polar surface area (TPSA) is 61.8 Å². The summed E-state index contributed by atoms with van der Waals surface area (Å²) in [6.45, 7) is 3.26. The molecule has 0 bridgehead atoms. The number of rotatable bonds is 2. The average molecular weight is 348 g/mol. The van der Waals surface area contributed by atoms with Crippen LogP contribution in [0.25, 0.3) is 0 Å². The molecule has 2 N–H and O–H groups in total. The summed E-state index contributed by atoms with van der Waals surface area (Å²) in [5, 5.41) is 8.75. The Bertz CT molecular complexity index is 673. The van der Waals surface area contributed by atoms with Gasteiger partial charge in [-0.25, -0.2) is 9.87 Å². The number of amides is 1. The number of ether oxygens (including phenoxy) is 1. The van der Waals surface area contributed by atoms with E-state index in [0.29, 0.717) is 23.6 Å². The normalized spacial score (nSPS) is 25.8. The smallest absolute Gasteiger partial charge is 0.274 e. The molecule has 1 aromatic rings. The number of fused-ring (bicyclic) bond motifs is 1. The van der Waals surface area contributed by atoms with Gasteiger partial charge in [-0.2, -0.15) is 0 Å². The molecule has 0 radical (unpaired) electrons. The third kappa shape index (κ3) is 3.18. The predicted octanol–water partition coefficient (Wildman–Crippen LogP) is 2.65. The quantitative estimate of drug-likeness (QED) is 0.637. The molecule has 6 heteroatoms. The van der Waals surface area contributed by atoms with Gasteiger partial charge >= 0.3 is 0 Å². The lowest BCUT2D eigenvalue weighted by atomic mass is 9.78. The maximum Gasteiger partial charge on any atom is 0.274 e. The van der Waals surface area contributed by atoms with Gasteiger partial charge in [0.2, 0.25) is 0 Å². The average Bonchev–Trinajstić information content (AvgIpc) is 3.04. The van der Waals surface area contributed by atoms with E-state index in [2.05, 4.69) is 4.90 Å². The highest BCUT2D eigenvalue weighted by Gasteiger charge is 2.42. The number of halogens is 1. The maximum absolute atomic E-state index is 14.5. The minimum Gasteiger partial charge on any atom is -0.381 e. The second kappa shape index (κ2) is 6.67. The van der Waals surface area contributed by atoms with Crippen molar-refractivity contribution in [2.75, 3.05) is 19.8 Å². The van der Waals surface area contributed by atoms with Crippen LogP contribution in [0.4, 0.5) is 4.39 Å². The summed E-state index contributed by atoms with van der Waals surface area (Å²) >= 11 is 0. The number of hydroxylamine groups is 1. The summed E-state index contributed by atoms with van der Waals surface area (Å²) in [7, 11) is 0. The molecule has 1 saturated carbocycles. The molecule has 2 heterocycles. The maximum atomic E-state index is 14.5. The molecule has 0 aromatic heterocycles. The van der Waals surface area contributed by atoms with Crippen LogP contribution in [0.3, 0.4) is 0 Å². The molecule has 136 valence electrons. The van der Waals surface area contributed by atoms with Gasteiger partial charge in [0.1, 0.15) is 5.82 Å². The summed E-state index contributed by atoms with van der Waals surface area (Å²) in [5.41, 5.74) is 3.77. The fourth-order valence-electron chi connectivity index (χ4n) is 4.89. The van der Waals surface area contributed by atoms with Crippen molar-refractivity contribution >= 4 is 5.91 Å². The van der Waals surface area contributed by atoms with Gasteiger partial charge in [-0.05, 0) is 61.6 Å². The molecule has 2 fully saturated rings. The summed E-state index contributed by atoms with van der Waals surface area (Å²) < 4.78 is 20.1. The van der Waals surface area contributed by atoms with Crippen LogP contribution in [-0.2, 0) is 17.7 Å². The monoisotopic (exact) mass is 348 g/mol. The lowest BCUT2D eigenvalue weighted by Crippen LogP contribution is -2.39. The molecule has 1 saturated heterocycles. The molecular weight excluding hydrogens is 323 g/mol. The van der Waals surface area contributed by atoms with Crippen molar-refractivity contribution in [3.8, 4) is 0 Å². The van der Waals surface area contributed by atoms with E-state index in [4.69, 9.17) is 9.94 Å². The predicted molar refractivity (Wildman–Crippen MR) is 89.9 cm³/mol. The van der Waals surface area contributed by atoms with Crippen molar-refractivity contribution in [2.24, 2.45) is 5.41 Å². The van der Waals surface area contributed by atoms with Crippen molar-refractivity contribution in [3.63, 3.8) is 0 Å². The molecule has 1 atom stereocenters. The molecule has 4 rings (SSSR count). The number of carbonyl (C=O) groups excluding carboxylic acids is 1. The Hall–Kier alpha value is -1.50. The largest absolute Gasteiger partial charge is 0.381 e. The summed E-state index contributed by atoms with van der Waals surface area (Å²) in [5.74, 6) is -1.01. The van der Waals surface area contributed by atoms with Crippen molar-refractivity contribution in [1.82, 2.24) is 10.4 Å². The van der Waals surface area contributed by atoms with Crippen molar-refractivity contribution in [2.45, 2.75) is 51.1 Å². The second-order valence-corrected chi connectivity index (χ2v) is 7.77. The van der Waals surface area contributed by atoms with Crippen LogP contribution in [0.1, 0.15) is 53.6 Å². The Labute approximate surface area is 147 Å². The Balaban J connectivity index is 1.49. The Morgan fingerprint density at radius 3 is 2.88 bits per heavy atom. The van der Waals surface area contributed by atoms with Gasteiger partial charge < -0.3 is 4.74 Å². The number of nitrogens with one attached hydrogen (secondary N) is 1. The zero-order chi connectivity index (χ0) is 17.4. The second-order valence-electron chi connectivity index (χ2n) is 7.77. The van der Waals surface area contributed by atoms with E-state index in [1.54, 1.807) is 11.5 Å². The molecule has 0 unspecified atom stereocenters. The summed E-state index contributed by atoms with van der Waals surface area (Å²) in [6.07, 6.45) is 6.68. The van der Waals surface area contributed by atoms with Crippen LogP contribution in [0.5, 0.6) is 0 Å². The molecule has 1 aliphatic carbocycles. The van der Waals surface area contributed by atoms with Crippen molar-refractivity contribution in [1.29, 1.82) is 0 Å². The number of nitrogens with zero attached hydrogens (tertiary/aromatic N) is 1. The minimum absolute atomic E-state index is 0.175. The van der Waals surface area contributed by atoms with Gasteiger partial charge in [-0.3, -0.25) is 14.9 Å². The van der Waals surface area contributed by atoms with E-state index < -0.39 is 5.91 Å². The van der Waals surface area contributed by atoms with Crippen LogP contribution < -0.4 is 5.48 Å². The third-order valence-electron chi connectivity index (χ3n) is 6.43. The zero-order valence-corrected chi connectivity index (χ0v) is 14.4. The van der Waals surface area contributed by atoms with Crippen molar-refractivity contribution in [3.05, 3.63) is 34.6 Å². The lowest BCUT2D eigenvalue weighted by molar-refractivity contribution is 0.0133. The molecule has 2 aliphatic heterocycles. The zero-order valence-electron chi connectivity index (χ0n) is 14.4. The highest BCUT2D eigenvalue weighted by atomic mass is 19.1. The first-order chi connectivity index (χ1) is 12.1. The van der Waals surface area contributed by atoms with Gasteiger partial charge in [0.15, 0.2) is 0 Å². The van der Waals surface area contributed by atoms with Gasteiger partial charge in [0, 0.05) is 43.5 Å². The number of hydrogen-bond acceptors (Lipinski definition) is 4. The van der Waals surface area contributed by atoms with Crippen LogP contribution in [-0.4, -0.2) is 41.8 Å². The summed E-state index contributed by atoms with van der Waals surface area (Å²) in [4.78, 5) is 14.0. The molecule has 1 amide bonds. The van der Waals surface area contributed by atoms with E-state index >= 15 is 0 Å². The van der Waals surface area contributed by atoms with E-state index in [9.17, 15) is 9.18 Å². The first kappa shape index (κ1) is 16.9. The van der Waals surface area contributed by atoms with Gasteiger partial charge in [0.05, 0.1) is 0 Å². The Kier molecular flexibility index (Phi) is 4.52. The SMILES string of the molecule is O=C(NO)c1cc(F)c2c(c1)CCN([C@@H]1CCC3(CCOCC3)C1)C2. The number of carbonyl (C=O) groups is 1. The van der Waals surface area contributed by atoms with E-state index in [-0.39, 0.29) is 11.4 Å². The molecule has 1 aromatic carbocycles. The first-order valence-corrected chi connectivity index (χ1v) is 9.18. The molecular formula is C19H25FN2O3. The standard InChI is InChI=1S/C19H25FN2O3/c20-17-10-14(18(23)21-24)9-13-2-6-22(12-16(13)17)15-1-3-19(11-15)4-7-25-8-5-19/h9-10,15,24H,1-8,11-12H2,(H,21,23)/t15-/m1/s1. The Morgan fingerprint density at radius 2 is 2.12 bits per heavy atom. The number of benzene rings is 1. The van der Waals surface area contributed by atoms with Gasteiger partial charge in [-0.1, -0.05) is 0 Å². The van der Waals surface area contributed by atoms with E-state index in [1.165, 1.54) is 25.3 Å². The lowest BCUT2D eigenvalue weighted by Gasteiger charge is -2.37. The Morgan fingerprint density at radius 1 is 1.32 bits per heavy atom. The van der Waals surface area contributed by atoms with E-state index in [0.717, 1.165) is 44.6 Å². The highest BCUT2D eigenvalue weighted by molar-refractivity contribution is 5.93. The van der Waals surface area contributed by atoms with E-state index in [1.807, 2.05) is 0 Å². The fourth-order valence-corrected chi connectivity index (χ4v) is 4.89. The molecule has 3 aliphatic rings. The fraction of sp³-hybridized carbons (Fsp3) is 0.632.